The fraction of sp³-hybridized carbons (Fsp3) is 0.867. The van der Waals surface area contributed by atoms with Gasteiger partial charge in [0.05, 0.1) is 6.07 Å². The van der Waals surface area contributed by atoms with Crippen molar-refractivity contribution in [1.82, 2.24) is 9.80 Å². The van der Waals surface area contributed by atoms with E-state index in [1.807, 2.05) is 18.7 Å². The molecule has 0 aromatic carbocycles. The molecule has 2 heterocycles. The monoisotopic (exact) mass is 263 g/mol. The van der Waals surface area contributed by atoms with Crippen LogP contribution < -0.4 is 0 Å². The lowest BCUT2D eigenvalue weighted by Crippen LogP contribution is -2.61. The number of hydrogen-bond acceptors (Lipinski definition) is 3. The molecule has 0 aromatic heterocycles. The minimum absolute atomic E-state index is 0.0372. The van der Waals surface area contributed by atoms with Crippen LogP contribution in [0, 0.1) is 23.2 Å². The van der Waals surface area contributed by atoms with Gasteiger partial charge in [-0.1, -0.05) is 20.3 Å². The second kappa shape index (κ2) is 5.92. The van der Waals surface area contributed by atoms with Gasteiger partial charge in [0.15, 0.2) is 0 Å². The molecule has 3 unspecified atom stereocenters. The van der Waals surface area contributed by atoms with Crippen molar-refractivity contribution >= 4 is 5.91 Å². The molecule has 106 valence electrons. The van der Waals surface area contributed by atoms with Crippen LogP contribution in [0.2, 0.25) is 0 Å². The second-order valence-electron chi connectivity index (χ2n) is 6.33. The lowest BCUT2D eigenvalue weighted by Gasteiger charge is -2.48. The highest BCUT2D eigenvalue weighted by Gasteiger charge is 2.38. The van der Waals surface area contributed by atoms with E-state index in [9.17, 15) is 10.1 Å². The van der Waals surface area contributed by atoms with Gasteiger partial charge in [0.25, 0.3) is 0 Å². The van der Waals surface area contributed by atoms with Gasteiger partial charge in [0.2, 0.25) is 5.91 Å². The van der Waals surface area contributed by atoms with Crippen LogP contribution in [0.5, 0.6) is 0 Å². The molecule has 4 heteroatoms. The molecule has 3 atom stereocenters. The first kappa shape index (κ1) is 14.3. The largest absolute Gasteiger partial charge is 0.336 e. The van der Waals surface area contributed by atoms with Crippen LogP contribution in [0.25, 0.3) is 0 Å². The molecule has 0 aromatic rings. The van der Waals surface area contributed by atoms with Crippen LogP contribution >= 0.6 is 0 Å². The Morgan fingerprint density at radius 1 is 1.32 bits per heavy atom. The standard InChI is InChI=1S/C15H25N3O/c1-11(2)14(8-16)15(19)18-10-13-6-4-5-7-17(13)9-12(18)3/h11-14H,4-7,9-10H2,1-3H3. The van der Waals surface area contributed by atoms with Gasteiger partial charge >= 0.3 is 0 Å². The Hall–Kier alpha value is -1.08. The average Bonchev–Trinajstić information content (AvgIpc) is 2.38. The fourth-order valence-corrected chi connectivity index (χ4v) is 3.33. The third-order valence-electron chi connectivity index (χ3n) is 4.54. The number of amides is 1. The summed E-state index contributed by atoms with van der Waals surface area (Å²) in [5, 5.41) is 9.21. The normalized spacial score (nSPS) is 29.7. The van der Waals surface area contributed by atoms with E-state index < -0.39 is 5.92 Å². The summed E-state index contributed by atoms with van der Waals surface area (Å²) in [7, 11) is 0. The predicted octanol–water partition coefficient (Wildman–Crippen LogP) is 1.87. The van der Waals surface area contributed by atoms with Crippen LogP contribution in [-0.4, -0.2) is 47.4 Å². The summed E-state index contributed by atoms with van der Waals surface area (Å²) in [5.41, 5.74) is 0. The topological polar surface area (TPSA) is 47.3 Å². The SMILES string of the molecule is CC(C)C(C#N)C(=O)N1CC2CCCCN2CC1C. The number of fused-ring (bicyclic) bond motifs is 1. The smallest absolute Gasteiger partial charge is 0.240 e. The van der Waals surface area contributed by atoms with Crippen molar-refractivity contribution in [3.05, 3.63) is 0 Å². The van der Waals surface area contributed by atoms with Gasteiger partial charge in [-0.3, -0.25) is 9.69 Å². The Morgan fingerprint density at radius 3 is 2.68 bits per heavy atom. The van der Waals surface area contributed by atoms with E-state index in [2.05, 4.69) is 17.9 Å². The van der Waals surface area contributed by atoms with Gasteiger partial charge in [0.1, 0.15) is 5.92 Å². The molecule has 2 aliphatic rings. The summed E-state index contributed by atoms with van der Waals surface area (Å²) in [6.45, 7) is 8.96. The summed E-state index contributed by atoms with van der Waals surface area (Å²) in [6, 6.07) is 2.93. The minimum Gasteiger partial charge on any atom is -0.336 e. The van der Waals surface area contributed by atoms with E-state index in [0.29, 0.717) is 6.04 Å². The number of nitrogens with zero attached hydrogens (tertiary/aromatic N) is 3. The Morgan fingerprint density at radius 2 is 2.05 bits per heavy atom. The third kappa shape index (κ3) is 2.92. The molecule has 4 nitrogen and oxygen atoms in total. The number of piperazine rings is 1. The molecule has 19 heavy (non-hydrogen) atoms. The highest BCUT2D eigenvalue weighted by molar-refractivity contribution is 5.82. The van der Waals surface area contributed by atoms with Crippen molar-refractivity contribution in [2.24, 2.45) is 11.8 Å². The molecule has 2 aliphatic heterocycles. The lowest BCUT2D eigenvalue weighted by atomic mass is 9.92. The first-order valence-corrected chi connectivity index (χ1v) is 7.48. The number of nitriles is 1. The van der Waals surface area contributed by atoms with E-state index in [1.54, 1.807) is 0 Å². The van der Waals surface area contributed by atoms with Gasteiger partial charge in [-0.15, -0.1) is 0 Å². The van der Waals surface area contributed by atoms with Gasteiger partial charge < -0.3 is 4.90 Å². The van der Waals surface area contributed by atoms with Crippen LogP contribution in [-0.2, 0) is 4.79 Å². The average molecular weight is 263 g/mol. The molecule has 2 saturated heterocycles. The van der Waals surface area contributed by atoms with Gasteiger partial charge in [0, 0.05) is 25.2 Å². The lowest BCUT2D eigenvalue weighted by molar-refractivity contribution is -0.141. The van der Waals surface area contributed by atoms with Gasteiger partial charge in [-0.2, -0.15) is 5.26 Å². The molecule has 0 spiro atoms. The molecule has 1 amide bonds. The molecule has 0 aliphatic carbocycles. The fourth-order valence-electron chi connectivity index (χ4n) is 3.33. The molecule has 0 radical (unpaired) electrons. The van der Waals surface area contributed by atoms with Crippen molar-refractivity contribution in [1.29, 1.82) is 5.26 Å². The summed E-state index contributed by atoms with van der Waals surface area (Å²) in [6.07, 6.45) is 3.74. The van der Waals surface area contributed by atoms with Crippen LogP contribution in [0.15, 0.2) is 0 Å². The molecule has 2 rings (SSSR count). The maximum Gasteiger partial charge on any atom is 0.240 e. The first-order valence-electron chi connectivity index (χ1n) is 7.48. The van der Waals surface area contributed by atoms with E-state index in [-0.39, 0.29) is 17.9 Å². The van der Waals surface area contributed by atoms with Gasteiger partial charge in [-0.25, -0.2) is 0 Å². The van der Waals surface area contributed by atoms with Crippen LogP contribution in [0.1, 0.15) is 40.0 Å². The van der Waals surface area contributed by atoms with Crippen molar-refractivity contribution in [2.45, 2.75) is 52.1 Å². The highest BCUT2D eigenvalue weighted by Crippen LogP contribution is 2.26. The number of carbonyl (C=O) groups is 1. The number of rotatable bonds is 2. The predicted molar refractivity (Wildman–Crippen MR) is 74.3 cm³/mol. The van der Waals surface area contributed by atoms with Crippen molar-refractivity contribution in [2.75, 3.05) is 19.6 Å². The number of carbonyl (C=O) groups excluding carboxylic acids is 1. The summed E-state index contributed by atoms with van der Waals surface area (Å²) in [4.78, 5) is 17.0. The summed E-state index contributed by atoms with van der Waals surface area (Å²) in [5.74, 6) is -0.359. The maximum absolute atomic E-state index is 12.5. The van der Waals surface area contributed by atoms with E-state index in [1.165, 1.54) is 25.8 Å². The van der Waals surface area contributed by atoms with Crippen molar-refractivity contribution < 1.29 is 4.79 Å². The molecule has 0 bridgehead atoms. The zero-order valence-corrected chi connectivity index (χ0v) is 12.3. The van der Waals surface area contributed by atoms with E-state index in [0.717, 1.165) is 13.1 Å². The Balaban J connectivity index is 2.07. The number of hydrogen-bond donors (Lipinski definition) is 0. The molecular weight excluding hydrogens is 238 g/mol. The Kier molecular flexibility index (Phi) is 4.46. The summed E-state index contributed by atoms with van der Waals surface area (Å²) >= 11 is 0. The molecule has 0 saturated carbocycles. The summed E-state index contributed by atoms with van der Waals surface area (Å²) < 4.78 is 0. The highest BCUT2D eigenvalue weighted by atomic mass is 16.2. The van der Waals surface area contributed by atoms with Crippen LogP contribution in [0.3, 0.4) is 0 Å². The van der Waals surface area contributed by atoms with Crippen molar-refractivity contribution in [3.8, 4) is 6.07 Å². The molecule has 0 N–H and O–H groups in total. The quantitative estimate of drug-likeness (QED) is 0.764. The number of piperidine rings is 1. The van der Waals surface area contributed by atoms with Crippen LogP contribution in [0.4, 0.5) is 0 Å². The zero-order chi connectivity index (χ0) is 14.0. The third-order valence-corrected chi connectivity index (χ3v) is 4.54. The Labute approximate surface area is 116 Å². The zero-order valence-electron chi connectivity index (χ0n) is 12.3. The maximum atomic E-state index is 12.5. The van der Waals surface area contributed by atoms with Gasteiger partial charge in [-0.05, 0) is 32.2 Å². The first-order chi connectivity index (χ1) is 9.04. The molecule has 2 fully saturated rings. The van der Waals surface area contributed by atoms with E-state index >= 15 is 0 Å². The minimum atomic E-state index is -0.488. The second-order valence-corrected chi connectivity index (χ2v) is 6.33. The Bertz CT molecular complexity index is 374. The van der Waals surface area contributed by atoms with E-state index in [4.69, 9.17) is 0 Å². The molecular formula is C15H25N3O. The van der Waals surface area contributed by atoms with Crippen molar-refractivity contribution in [3.63, 3.8) is 0 Å².